The third-order valence-corrected chi connectivity index (χ3v) is 3.01. The molecule has 0 spiro atoms. The van der Waals surface area contributed by atoms with Crippen LogP contribution in [0.15, 0.2) is 6.20 Å². The number of hydrogen-bond donors (Lipinski definition) is 1. The standard InChI is InChI=1S/C8H12N2OS/c1-5-2-7(5)8(11)3-6-4-9-12-10-6/h4-5,7-8,11H,2-3H2,1H3. The number of hydrogen-bond acceptors (Lipinski definition) is 4. The Hall–Kier alpha value is -0.480. The zero-order valence-electron chi connectivity index (χ0n) is 6.97. The van der Waals surface area contributed by atoms with Crippen LogP contribution >= 0.6 is 11.7 Å². The van der Waals surface area contributed by atoms with Crippen LogP contribution < -0.4 is 0 Å². The first-order valence-corrected chi connectivity index (χ1v) is 4.95. The predicted octanol–water partition coefficient (Wildman–Crippen LogP) is 1.10. The third-order valence-electron chi connectivity index (χ3n) is 2.49. The van der Waals surface area contributed by atoms with E-state index < -0.39 is 0 Å². The van der Waals surface area contributed by atoms with Gasteiger partial charge in [-0.15, -0.1) is 0 Å². The molecule has 3 unspecified atom stereocenters. The van der Waals surface area contributed by atoms with Crippen LogP contribution in [-0.4, -0.2) is 20.0 Å². The molecule has 0 aliphatic heterocycles. The van der Waals surface area contributed by atoms with Crippen molar-refractivity contribution in [1.82, 2.24) is 8.75 Å². The van der Waals surface area contributed by atoms with E-state index >= 15 is 0 Å². The lowest BCUT2D eigenvalue weighted by Crippen LogP contribution is -2.13. The van der Waals surface area contributed by atoms with Crippen molar-refractivity contribution in [1.29, 1.82) is 0 Å². The van der Waals surface area contributed by atoms with Gasteiger partial charge in [0.15, 0.2) is 0 Å². The summed E-state index contributed by atoms with van der Waals surface area (Å²) in [5, 5.41) is 9.67. The third kappa shape index (κ3) is 1.64. The van der Waals surface area contributed by atoms with Gasteiger partial charge in [-0.3, -0.25) is 0 Å². The fraction of sp³-hybridized carbons (Fsp3) is 0.750. The van der Waals surface area contributed by atoms with Crippen LogP contribution in [0.25, 0.3) is 0 Å². The molecule has 66 valence electrons. The Balaban J connectivity index is 1.87. The minimum absolute atomic E-state index is 0.205. The van der Waals surface area contributed by atoms with E-state index in [1.807, 2.05) is 0 Å². The Labute approximate surface area is 75.8 Å². The monoisotopic (exact) mass is 184 g/mol. The molecule has 1 aromatic heterocycles. The summed E-state index contributed by atoms with van der Waals surface area (Å²) in [4.78, 5) is 0. The highest BCUT2D eigenvalue weighted by atomic mass is 32.1. The van der Waals surface area contributed by atoms with E-state index in [2.05, 4.69) is 15.7 Å². The molecule has 0 aromatic carbocycles. The lowest BCUT2D eigenvalue weighted by molar-refractivity contribution is 0.145. The van der Waals surface area contributed by atoms with Gasteiger partial charge in [0.1, 0.15) is 0 Å². The van der Waals surface area contributed by atoms with Gasteiger partial charge in [-0.25, -0.2) is 0 Å². The molecule has 1 heterocycles. The van der Waals surface area contributed by atoms with E-state index in [0.29, 0.717) is 18.3 Å². The maximum atomic E-state index is 9.67. The van der Waals surface area contributed by atoms with Crippen LogP contribution in [0.5, 0.6) is 0 Å². The van der Waals surface area contributed by atoms with E-state index in [-0.39, 0.29) is 6.10 Å². The molecule has 0 radical (unpaired) electrons. The summed E-state index contributed by atoms with van der Waals surface area (Å²) in [5.41, 5.74) is 0.923. The highest BCUT2D eigenvalue weighted by molar-refractivity contribution is 6.99. The first-order valence-electron chi connectivity index (χ1n) is 4.22. The average molecular weight is 184 g/mol. The van der Waals surface area contributed by atoms with Crippen LogP contribution in [0.1, 0.15) is 19.0 Å². The molecule has 1 aromatic rings. The van der Waals surface area contributed by atoms with Crippen molar-refractivity contribution in [2.75, 3.05) is 0 Å². The minimum atomic E-state index is -0.205. The zero-order valence-corrected chi connectivity index (χ0v) is 7.79. The Kier molecular flexibility index (Phi) is 2.11. The predicted molar refractivity (Wildman–Crippen MR) is 46.9 cm³/mol. The van der Waals surface area contributed by atoms with Gasteiger partial charge in [-0.05, 0) is 18.3 Å². The van der Waals surface area contributed by atoms with Crippen LogP contribution in [-0.2, 0) is 6.42 Å². The Morgan fingerprint density at radius 3 is 3.08 bits per heavy atom. The van der Waals surface area contributed by atoms with Crippen molar-refractivity contribution in [3.05, 3.63) is 11.9 Å². The fourth-order valence-electron chi connectivity index (χ4n) is 1.53. The molecule has 0 amide bonds. The second kappa shape index (κ2) is 3.11. The van der Waals surface area contributed by atoms with Gasteiger partial charge in [0.05, 0.1) is 29.7 Å². The molecule has 1 N–H and O–H groups in total. The summed E-state index contributed by atoms with van der Waals surface area (Å²) in [6.45, 7) is 2.17. The van der Waals surface area contributed by atoms with E-state index in [4.69, 9.17) is 0 Å². The zero-order chi connectivity index (χ0) is 8.55. The Bertz CT molecular complexity index is 250. The molecule has 0 bridgehead atoms. The lowest BCUT2D eigenvalue weighted by Gasteiger charge is -2.05. The van der Waals surface area contributed by atoms with Gasteiger partial charge >= 0.3 is 0 Å². The maximum Gasteiger partial charge on any atom is 0.0768 e. The number of aliphatic hydroxyl groups excluding tert-OH is 1. The first-order chi connectivity index (χ1) is 5.77. The number of aromatic nitrogens is 2. The van der Waals surface area contributed by atoms with Gasteiger partial charge in [0.2, 0.25) is 0 Å². The molecular weight excluding hydrogens is 172 g/mol. The van der Waals surface area contributed by atoms with E-state index in [1.54, 1.807) is 6.20 Å². The summed E-state index contributed by atoms with van der Waals surface area (Å²) in [6.07, 6.45) is 3.37. The van der Waals surface area contributed by atoms with E-state index in [1.165, 1.54) is 18.1 Å². The van der Waals surface area contributed by atoms with Gasteiger partial charge in [-0.2, -0.15) is 8.75 Å². The van der Waals surface area contributed by atoms with Gasteiger partial charge < -0.3 is 5.11 Å². The largest absolute Gasteiger partial charge is 0.392 e. The molecule has 3 nitrogen and oxygen atoms in total. The molecule has 1 aliphatic carbocycles. The summed E-state index contributed by atoms with van der Waals surface area (Å²) in [6, 6.07) is 0. The smallest absolute Gasteiger partial charge is 0.0768 e. The number of rotatable bonds is 3. The van der Waals surface area contributed by atoms with Gasteiger partial charge in [0.25, 0.3) is 0 Å². The molecule has 0 saturated heterocycles. The van der Waals surface area contributed by atoms with Gasteiger partial charge in [-0.1, -0.05) is 6.92 Å². The van der Waals surface area contributed by atoms with Crippen LogP contribution in [0, 0.1) is 11.8 Å². The van der Waals surface area contributed by atoms with Crippen molar-refractivity contribution in [2.24, 2.45) is 11.8 Å². The second-order valence-corrected chi connectivity index (χ2v) is 4.10. The topological polar surface area (TPSA) is 46.0 Å². The fourth-order valence-corrected chi connectivity index (χ4v) is 1.97. The van der Waals surface area contributed by atoms with Gasteiger partial charge in [0, 0.05) is 6.42 Å². The SMILES string of the molecule is CC1CC1C(O)Cc1cnsn1. The Morgan fingerprint density at radius 1 is 1.83 bits per heavy atom. The molecule has 1 aliphatic rings. The normalized spacial score (nSPS) is 30.2. The van der Waals surface area contributed by atoms with Crippen LogP contribution in [0.4, 0.5) is 0 Å². The van der Waals surface area contributed by atoms with Crippen LogP contribution in [0.2, 0.25) is 0 Å². The summed E-state index contributed by atoms with van der Waals surface area (Å²) in [5.74, 6) is 1.21. The van der Waals surface area contributed by atoms with E-state index in [9.17, 15) is 5.11 Å². The molecule has 2 rings (SSSR count). The molecular formula is C8H12N2OS. The van der Waals surface area contributed by atoms with Crippen molar-refractivity contribution in [2.45, 2.75) is 25.9 Å². The van der Waals surface area contributed by atoms with Crippen LogP contribution in [0.3, 0.4) is 0 Å². The quantitative estimate of drug-likeness (QED) is 0.765. The summed E-state index contributed by atoms with van der Waals surface area (Å²) >= 11 is 1.20. The maximum absolute atomic E-state index is 9.67. The first kappa shape index (κ1) is 8.13. The summed E-state index contributed by atoms with van der Waals surface area (Å²) in [7, 11) is 0. The highest BCUT2D eigenvalue weighted by Crippen LogP contribution is 2.41. The molecule has 3 atom stereocenters. The molecule has 1 fully saturated rings. The van der Waals surface area contributed by atoms with E-state index in [0.717, 1.165) is 5.69 Å². The highest BCUT2D eigenvalue weighted by Gasteiger charge is 2.38. The van der Waals surface area contributed by atoms with Crippen molar-refractivity contribution in [3.63, 3.8) is 0 Å². The second-order valence-electron chi connectivity index (χ2n) is 3.55. The Morgan fingerprint density at radius 2 is 2.58 bits per heavy atom. The molecule has 12 heavy (non-hydrogen) atoms. The lowest BCUT2D eigenvalue weighted by atomic mass is 10.1. The molecule has 1 saturated carbocycles. The van der Waals surface area contributed by atoms with Crippen molar-refractivity contribution < 1.29 is 5.11 Å². The summed E-state index contributed by atoms with van der Waals surface area (Å²) < 4.78 is 7.96. The number of nitrogens with zero attached hydrogens (tertiary/aromatic N) is 2. The number of aliphatic hydroxyl groups is 1. The van der Waals surface area contributed by atoms with Crippen molar-refractivity contribution in [3.8, 4) is 0 Å². The minimum Gasteiger partial charge on any atom is -0.392 e. The molecule has 4 heteroatoms. The average Bonchev–Trinajstić information content (AvgIpc) is 2.58. The van der Waals surface area contributed by atoms with Crippen molar-refractivity contribution >= 4 is 11.7 Å².